The summed E-state index contributed by atoms with van der Waals surface area (Å²) in [5.74, 6) is 0.571. The van der Waals surface area contributed by atoms with Crippen molar-refractivity contribution in [2.24, 2.45) is 23.2 Å². The summed E-state index contributed by atoms with van der Waals surface area (Å²) >= 11 is 0. The summed E-state index contributed by atoms with van der Waals surface area (Å²) in [6, 6.07) is 0. The first kappa shape index (κ1) is 19.6. The van der Waals surface area contributed by atoms with Crippen LogP contribution in [0.1, 0.15) is 46.5 Å². The van der Waals surface area contributed by atoms with Gasteiger partial charge in [0.1, 0.15) is 11.7 Å². The van der Waals surface area contributed by atoms with E-state index in [9.17, 15) is 9.59 Å². The van der Waals surface area contributed by atoms with E-state index in [0.29, 0.717) is 32.2 Å². The van der Waals surface area contributed by atoms with Gasteiger partial charge < -0.3 is 19.1 Å². The highest BCUT2D eigenvalue weighted by Gasteiger charge is 2.78. The zero-order valence-electron chi connectivity index (χ0n) is 17.9. The SMILES string of the molecule is CCOC(=O)N1CCN(C[C@H]2C(=O)O[C@@H]3C[C@@]4(C)CCC[C@H](C)[C@@]45O[C@H]5[C@@H]32)CC1. The molecule has 1 amide bonds. The number of nitrogens with zero attached hydrogens (tertiary/aromatic N) is 2. The van der Waals surface area contributed by atoms with Crippen molar-refractivity contribution < 1.29 is 23.8 Å². The summed E-state index contributed by atoms with van der Waals surface area (Å²) in [4.78, 5) is 28.8. The molecule has 7 nitrogen and oxygen atoms in total. The highest BCUT2D eigenvalue weighted by atomic mass is 16.6. The molecule has 0 radical (unpaired) electrons. The summed E-state index contributed by atoms with van der Waals surface area (Å²) in [6.07, 6.45) is 4.52. The van der Waals surface area contributed by atoms with Gasteiger partial charge in [-0.1, -0.05) is 20.3 Å². The molecule has 29 heavy (non-hydrogen) atoms. The molecule has 162 valence electrons. The fraction of sp³-hybridized carbons (Fsp3) is 0.909. The van der Waals surface area contributed by atoms with Crippen molar-refractivity contribution in [3.8, 4) is 0 Å². The molecule has 3 saturated heterocycles. The summed E-state index contributed by atoms with van der Waals surface area (Å²) in [5, 5.41) is 0. The molecule has 0 aromatic rings. The Morgan fingerprint density at radius 2 is 2.03 bits per heavy atom. The van der Waals surface area contributed by atoms with E-state index < -0.39 is 0 Å². The third-order valence-electron chi connectivity index (χ3n) is 8.55. The van der Waals surface area contributed by atoms with Crippen LogP contribution in [-0.4, -0.2) is 79.0 Å². The molecule has 2 saturated carbocycles. The van der Waals surface area contributed by atoms with Crippen LogP contribution in [0.4, 0.5) is 4.79 Å². The molecule has 3 heterocycles. The van der Waals surface area contributed by atoms with Gasteiger partial charge in [-0.05, 0) is 32.1 Å². The largest absolute Gasteiger partial charge is 0.462 e. The highest BCUT2D eigenvalue weighted by Crippen LogP contribution is 2.70. The predicted molar refractivity (Wildman–Crippen MR) is 105 cm³/mol. The van der Waals surface area contributed by atoms with E-state index in [1.807, 2.05) is 6.92 Å². The van der Waals surface area contributed by atoms with Gasteiger partial charge in [-0.15, -0.1) is 0 Å². The second-order valence-electron chi connectivity index (χ2n) is 10.0. The third kappa shape index (κ3) is 2.83. The molecule has 0 bridgehead atoms. The van der Waals surface area contributed by atoms with Gasteiger partial charge in [-0.3, -0.25) is 9.69 Å². The van der Waals surface area contributed by atoms with Crippen molar-refractivity contribution in [3.05, 3.63) is 0 Å². The zero-order chi connectivity index (χ0) is 20.4. The van der Waals surface area contributed by atoms with Crippen molar-refractivity contribution in [2.75, 3.05) is 39.3 Å². The number of hydrogen-bond acceptors (Lipinski definition) is 6. The van der Waals surface area contributed by atoms with E-state index in [2.05, 4.69) is 18.7 Å². The Labute approximate surface area is 173 Å². The maximum absolute atomic E-state index is 12.8. The molecule has 0 aromatic heterocycles. The van der Waals surface area contributed by atoms with Gasteiger partial charge >= 0.3 is 12.1 Å². The Hall–Kier alpha value is -1.34. The number of piperazine rings is 1. The van der Waals surface area contributed by atoms with Gasteiger partial charge in [0.2, 0.25) is 0 Å². The van der Waals surface area contributed by atoms with Crippen LogP contribution in [0.15, 0.2) is 0 Å². The van der Waals surface area contributed by atoms with E-state index >= 15 is 0 Å². The Kier molecular flexibility index (Phi) is 4.63. The maximum atomic E-state index is 12.8. The minimum Gasteiger partial charge on any atom is -0.462 e. The van der Waals surface area contributed by atoms with Crippen LogP contribution in [0, 0.1) is 23.2 Å². The summed E-state index contributed by atoms with van der Waals surface area (Å²) in [5.41, 5.74) is 0.0954. The fourth-order valence-electron chi connectivity index (χ4n) is 7.05. The normalized spacial score (nSPS) is 46.4. The average Bonchev–Trinajstić information content (AvgIpc) is 3.37. The lowest BCUT2D eigenvalue weighted by Crippen LogP contribution is -2.55. The lowest BCUT2D eigenvalue weighted by Gasteiger charge is -2.49. The molecule has 1 spiro atoms. The molecule has 3 aliphatic heterocycles. The number of esters is 1. The van der Waals surface area contributed by atoms with Gasteiger partial charge in [-0.25, -0.2) is 4.79 Å². The Bertz CT molecular complexity index is 693. The molecule has 7 atom stereocenters. The molecular weight excluding hydrogens is 372 g/mol. The van der Waals surface area contributed by atoms with Crippen molar-refractivity contribution in [2.45, 2.75) is 64.3 Å². The molecule has 0 unspecified atom stereocenters. The average molecular weight is 407 g/mol. The predicted octanol–water partition coefficient (Wildman–Crippen LogP) is 2.29. The van der Waals surface area contributed by atoms with Crippen LogP contribution in [0.25, 0.3) is 0 Å². The van der Waals surface area contributed by atoms with Crippen molar-refractivity contribution in [3.63, 3.8) is 0 Å². The quantitative estimate of drug-likeness (QED) is 0.529. The van der Waals surface area contributed by atoms with Crippen LogP contribution in [0.2, 0.25) is 0 Å². The Balaban J connectivity index is 1.26. The highest BCUT2D eigenvalue weighted by molar-refractivity contribution is 5.76. The first-order chi connectivity index (χ1) is 13.9. The molecule has 2 aliphatic carbocycles. The summed E-state index contributed by atoms with van der Waals surface area (Å²) < 4.78 is 17.5. The summed E-state index contributed by atoms with van der Waals surface area (Å²) in [6.45, 7) is 10.4. The minimum absolute atomic E-state index is 0.00393. The van der Waals surface area contributed by atoms with Crippen molar-refractivity contribution >= 4 is 12.1 Å². The molecule has 5 fully saturated rings. The smallest absolute Gasteiger partial charge is 0.409 e. The van der Waals surface area contributed by atoms with Crippen molar-refractivity contribution in [1.82, 2.24) is 9.80 Å². The number of hydrogen-bond donors (Lipinski definition) is 0. The second kappa shape index (κ2) is 6.84. The number of rotatable bonds is 3. The van der Waals surface area contributed by atoms with E-state index in [4.69, 9.17) is 14.2 Å². The lowest BCUT2D eigenvalue weighted by molar-refractivity contribution is -0.146. The van der Waals surface area contributed by atoms with E-state index in [-0.39, 0.29) is 47.1 Å². The standard InChI is InChI=1S/C22H34N2O5/c1-4-27-20(26)24-10-8-23(9-11-24)13-15-17-16(28-19(15)25)12-21(3)7-5-6-14(2)22(21)18(17)29-22/h14-18H,4-13H2,1-3H3/t14-,15+,16+,17+,18-,21+,22-/m0/s1. The lowest BCUT2D eigenvalue weighted by atomic mass is 9.53. The molecule has 5 aliphatic rings. The van der Waals surface area contributed by atoms with E-state index in [1.165, 1.54) is 19.3 Å². The Morgan fingerprint density at radius 1 is 1.28 bits per heavy atom. The van der Waals surface area contributed by atoms with Crippen LogP contribution in [0.5, 0.6) is 0 Å². The van der Waals surface area contributed by atoms with Gasteiger partial charge in [0.25, 0.3) is 0 Å². The van der Waals surface area contributed by atoms with Crippen LogP contribution >= 0.6 is 0 Å². The number of ether oxygens (including phenoxy) is 3. The number of carbonyl (C=O) groups is 2. The van der Waals surface area contributed by atoms with Crippen LogP contribution in [0.3, 0.4) is 0 Å². The molecule has 5 rings (SSSR count). The maximum Gasteiger partial charge on any atom is 0.409 e. The van der Waals surface area contributed by atoms with Gasteiger partial charge in [-0.2, -0.15) is 0 Å². The molecular formula is C22H34N2O5. The summed E-state index contributed by atoms with van der Waals surface area (Å²) in [7, 11) is 0. The van der Waals surface area contributed by atoms with E-state index in [1.54, 1.807) is 4.90 Å². The monoisotopic (exact) mass is 406 g/mol. The molecule has 0 aromatic carbocycles. The number of amides is 1. The Morgan fingerprint density at radius 3 is 2.76 bits per heavy atom. The van der Waals surface area contributed by atoms with Crippen LogP contribution in [-0.2, 0) is 19.0 Å². The number of carbonyl (C=O) groups excluding carboxylic acids is 2. The van der Waals surface area contributed by atoms with Gasteiger partial charge in [0, 0.05) is 44.1 Å². The molecule has 7 heteroatoms. The van der Waals surface area contributed by atoms with Crippen molar-refractivity contribution in [1.29, 1.82) is 0 Å². The first-order valence-electron chi connectivity index (χ1n) is 11.4. The second-order valence-corrected chi connectivity index (χ2v) is 10.0. The molecule has 0 N–H and O–H groups in total. The first-order valence-corrected chi connectivity index (χ1v) is 11.4. The van der Waals surface area contributed by atoms with Crippen LogP contribution < -0.4 is 0 Å². The third-order valence-corrected chi connectivity index (χ3v) is 8.55. The van der Waals surface area contributed by atoms with Gasteiger partial charge in [0.15, 0.2) is 0 Å². The van der Waals surface area contributed by atoms with Gasteiger partial charge in [0.05, 0.1) is 18.6 Å². The number of epoxide rings is 1. The zero-order valence-corrected chi connectivity index (χ0v) is 17.9. The number of fused-ring (bicyclic) bond motifs is 2. The van der Waals surface area contributed by atoms with E-state index in [0.717, 1.165) is 19.5 Å². The topological polar surface area (TPSA) is 71.6 Å². The minimum atomic E-state index is -0.237. The fourth-order valence-corrected chi connectivity index (χ4v) is 7.05.